The van der Waals surface area contributed by atoms with Crippen molar-refractivity contribution in [3.63, 3.8) is 0 Å². The Morgan fingerprint density at radius 1 is 1.00 bits per heavy atom. The van der Waals surface area contributed by atoms with Crippen LogP contribution in [0.1, 0.15) is 46.0 Å². The average Bonchev–Trinajstić information content (AvgIpc) is 2.24. The molecule has 0 N–H and O–H groups in total. The molecule has 0 unspecified atom stereocenters. The summed E-state index contributed by atoms with van der Waals surface area (Å²) in [7, 11) is -0.959. The van der Waals surface area contributed by atoms with E-state index in [1.165, 1.54) is 25.7 Å². The van der Waals surface area contributed by atoms with Gasteiger partial charge in [-0.15, -0.1) is 6.58 Å². The van der Waals surface area contributed by atoms with Crippen LogP contribution in [0.25, 0.3) is 0 Å². The van der Waals surface area contributed by atoms with Crippen molar-refractivity contribution in [1.29, 1.82) is 0 Å². The molecular weight excluding hydrogens is 204 g/mol. The van der Waals surface area contributed by atoms with E-state index in [4.69, 9.17) is 8.85 Å². The van der Waals surface area contributed by atoms with Crippen molar-refractivity contribution in [1.82, 2.24) is 0 Å². The molecule has 0 aromatic rings. The summed E-state index contributed by atoms with van der Waals surface area (Å²) >= 11 is 0. The topological polar surface area (TPSA) is 18.5 Å². The van der Waals surface area contributed by atoms with Crippen LogP contribution in [-0.2, 0) is 8.85 Å². The molecule has 0 bridgehead atoms. The van der Waals surface area contributed by atoms with Crippen LogP contribution >= 0.6 is 0 Å². The number of hydrogen-bond acceptors (Lipinski definition) is 2. The SMILES string of the molecule is C=CCCCCCC[Si](OCC)OCC. The molecule has 0 saturated heterocycles. The van der Waals surface area contributed by atoms with Crippen LogP contribution in [0, 0.1) is 0 Å². The predicted octanol–water partition coefficient (Wildman–Crippen LogP) is 3.68. The lowest BCUT2D eigenvalue weighted by Crippen LogP contribution is -2.22. The maximum atomic E-state index is 5.57. The summed E-state index contributed by atoms with van der Waals surface area (Å²) in [6.45, 7) is 9.36. The second kappa shape index (κ2) is 11.9. The van der Waals surface area contributed by atoms with Gasteiger partial charge in [0, 0.05) is 13.2 Å². The van der Waals surface area contributed by atoms with E-state index in [0.29, 0.717) is 0 Å². The first-order valence-corrected chi connectivity index (χ1v) is 7.59. The van der Waals surface area contributed by atoms with Crippen molar-refractivity contribution < 1.29 is 8.85 Å². The van der Waals surface area contributed by atoms with E-state index >= 15 is 0 Å². The lowest BCUT2D eigenvalue weighted by Gasteiger charge is -2.12. The Morgan fingerprint density at radius 2 is 1.60 bits per heavy atom. The van der Waals surface area contributed by atoms with Gasteiger partial charge in [-0.05, 0) is 32.7 Å². The van der Waals surface area contributed by atoms with Crippen LogP contribution in [0.3, 0.4) is 0 Å². The molecule has 2 nitrogen and oxygen atoms in total. The molecule has 3 heteroatoms. The summed E-state index contributed by atoms with van der Waals surface area (Å²) in [6, 6.07) is 1.13. The van der Waals surface area contributed by atoms with Crippen molar-refractivity contribution in [2.45, 2.75) is 52.0 Å². The highest BCUT2D eigenvalue weighted by Crippen LogP contribution is 2.09. The fourth-order valence-corrected chi connectivity index (χ4v) is 2.97. The molecule has 1 radical (unpaired) electrons. The van der Waals surface area contributed by atoms with Crippen LogP contribution < -0.4 is 0 Å². The van der Waals surface area contributed by atoms with Crippen molar-refractivity contribution in [2.24, 2.45) is 0 Å². The van der Waals surface area contributed by atoms with Crippen LogP contribution in [0.15, 0.2) is 12.7 Å². The minimum Gasteiger partial charge on any atom is -0.394 e. The maximum absolute atomic E-state index is 5.57. The fraction of sp³-hybridized carbons (Fsp3) is 0.833. The zero-order valence-electron chi connectivity index (χ0n) is 10.3. The van der Waals surface area contributed by atoms with Gasteiger partial charge in [0.05, 0.1) is 0 Å². The van der Waals surface area contributed by atoms with Gasteiger partial charge in [0.25, 0.3) is 0 Å². The Balaban J connectivity index is 3.31. The summed E-state index contributed by atoms with van der Waals surface area (Å²) in [6.07, 6.45) is 8.26. The molecule has 0 aromatic carbocycles. The first-order chi connectivity index (χ1) is 7.35. The first-order valence-electron chi connectivity index (χ1n) is 6.07. The van der Waals surface area contributed by atoms with Crippen LogP contribution in [-0.4, -0.2) is 22.5 Å². The molecule has 0 rings (SSSR count). The van der Waals surface area contributed by atoms with Gasteiger partial charge in [0.15, 0.2) is 0 Å². The second-order valence-electron chi connectivity index (χ2n) is 3.48. The largest absolute Gasteiger partial charge is 0.394 e. The molecule has 0 aliphatic carbocycles. The summed E-state index contributed by atoms with van der Waals surface area (Å²) in [5.74, 6) is 0. The molecule has 0 aliphatic rings. The zero-order valence-corrected chi connectivity index (χ0v) is 11.3. The number of rotatable bonds is 11. The molecule has 0 aromatic heterocycles. The van der Waals surface area contributed by atoms with E-state index in [2.05, 4.69) is 6.58 Å². The Kier molecular flexibility index (Phi) is 11.9. The Morgan fingerprint density at radius 3 is 2.13 bits per heavy atom. The lowest BCUT2D eigenvalue weighted by molar-refractivity contribution is 0.212. The van der Waals surface area contributed by atoms with Gasteiger partial charge >= 0.3 is 9.28 Å². The quantitative estimate of drug-likeness (QED) is 0.306. The molecule has 89 valence electrons. The van der Waals surface area contributed by atoms with E-state index in [1.54, 1.807) is 0 Å². The van der Waals surface area contributed by atoms with Crippen molar-refractivity contribution in [3.05, 3.63) is 12.7 Å². The normalized spacial score (nSPS) is 10.9. The maximum Gasteiger partial charge on any atom is 0.384 e. The van der Waals surface area contributed by atoms with Crippen LogP contribution in [0.5, 0.6) is 0 Å². The molecule has 0 heterocycles. The first kappa shape index (κ1) is 14.9. The van der Waals surface area contributed by atoms with E-state index in [9.17, 15) is 0 Å². The average molecular weight is 229 g/mol. The summed E-state index contributed by atoms with van der Waals surface area (Å²) in [5, 5.41) is 0. The second-order valence-corrected chi connectivity index (χ2v) is 5.30. The zero-order chi connectivity index (χ0) is 11.4. The number of hydrogen-bond donors (Lipinski definition) is 0. The highest BCUT2D eigenvalue weighted by molar-refractivity contribution is 6.44. The van der Waals surface area contributed by atoms with Gasteiger partial charge in [-0.2, -0.15) is 0 Å². The van der Waals surface area contributed by atoms with Crippen molar-refractivity contribution in [3.8, 4) is 0 Å². The monoisotopic (exact) mass is 229 g/mol. The van der Waals surface area contributed by atoms with E-state index in [0.717, 1.165) is 25.7 Å². The minimum absolute atomic E-state index is 0.783. The third-order valence-electron chi connectivity index (χ3n) is 2.15. The highest BCUT2D eigenvalue weighted by Gasteiger charge is 2.13. The Labute approximate surface area is 96.5 Å². The molecule has 0 atom stereocenters. The summed E-state index contributed by atoms with van der Waals surface area (Å²) < 4.78 is 11.1. The fourth-order valence-electron chi connectivity index (χ4n) is 1.42. The van der Waals surface area contributed by atoms with Gasteiger partial charge in [0.1, 0.15) is 0 Å². The van der Waals surface area contributed by atoms with Gasteiger partial charge in [0.2, 0.25) is 0 Å². The van der Waals surface area contributed by atoms with E-state index in [1.807, 2.05) is 19.9 Å². The lowest BCUT2D eigenvalue weighted by atomic mass is 10.1. The van der Waals surface area contributed by atoms with Gasteiger partial charge in [-0.3, -0.25) is 0 Å². The van der Waals surface area contributed by atoms with Crippen LogP contribution in [0.4, 0.5) is 0 Å². The Bertz CT molecular complexity index is 134. The predicted molar refractivity (Wildman–Crippen MR) is 67.1 cm³/mol. The van der Waals surface area contributed by atoms with Gasteiger partial charge in [-0.25, -0.2) is 0 Å². The number of allylic oxidation sites excluding steroid dienone is 1. The summed E-state index contributed by atoms with van der Waals surface area (Å²) in [5.41, 5.74) is 0. The third kappa shape index (κ3) is 10.2. The van der Waals surface area contributed by atoms with Gasteiger partial charge in [-0.1, -0.05) is 25.3 Å². The molecule has 0 amide bonds. The van der Waals surface area contributed by atoms with E-state index < -0.39 is 9.28 Å². The molecule has 0 saturated carbocycles. The molecular formula is C12H25O2Si. The minimum atomic E-state index is -0.959. The van der Waals surface area contributed by atoms with E-state index in [-0.39, 0.29) is 0 Å². The standard InChI is InChI=1S/C12H25O2Si/c1-4-7-8-9-10-11-12-15(13-5-2)14-6-3/h4H,1,5-12H2,2-3H3. The van der Waals surface area contributed by atoms with Crippen molar-refractivity contribution in [2.75, 3.05) is 13.2 Å². The Hall–Kier alpha value is -0.123. The molecule has 0 spiro atoms. The molecule has 15 heavy (non-hydrogen) atoms. The van der Waals surface area contributed by atoms with Crippen molar-refractivity contribution >= 4 is 9.28 Å². The molecule has 0 fully saturated rings. The number of unbranched alkanes of at least 4 members (excludes halogenated alkanes) is 4. The van der Waals surface area contributed by atoms with Crippen LogP contribution in [0.2, 0.25) is 6.04 Å². The van der Waals surface area contributed by atoms with Gasteiger partial charge < -0.3 is 8.85 Å². The highest BCUT2D eigenvalue weighted by atomic mass is 28.3. The smallest absolute Gasteiger partial charge is 0.384 e. The third-order valence-corrected chi connectivity index (χ3v) is 4.13. The molecule has 0 aliphatic heterocycles. The summed E-state index contributed by atoms with van der Waals surface area (Å²) in [4.78, 5) is 0.